The maximum absolute atomic E-state index is 5.08. The number of hydrogen-bond acceptors (Lipinski definition) is 3. The van der Waals surface area contributed by atoms with E-state index in [2.05, 4.69) is 187 Å². The smallest absolute Gasteiger partial charge is 0.164 e. The first-order valence-electron chi connectivity index (χ1n) is 22.6. The Labute approximate surface area is 385 Å². The molecule has 6 heteroatoms. The van der Waals surface area contributed by atoms with E-state index >= 15 is 0 Å². The van der Waals surface area contributed by atoms with Crippen molar-refractivity contribution in [2.75, 3.05) is 0 Å². The van der Waals surface area contributed by atoms with Gasteiger partial charge in [-0.15, -0.1) is 0 Å². The van der Waals surface area contributed by atoms with Crippen LogP contribution < -0.4 is 5.19 Å². The quantitative estimate of drug-likeness (QED) is 0.143. The van der Waals surface area contributed by atoms with Crippen LogP contribution in [0.1, 0.15) is 0 Å². The van der Waals surface area contributed by atoms with Gasteiger partial charge >= 0.3 is 0 Å². The first-order chi connectivity index (χ1) is 32.4. The molecule has 0 saturated heterocycles. The van der Waals surface area contributed by atoms with Crippen molar-refractivity contribution >= 4 is 56.9 Å². The molecular weight excluding hydrogens is 819 g/mol. The standard InChI is InChI=1S/C60H45N5Si/c1-66(2,3)48-33-35-56-53(39-48)52-38-43(32-34-55(52)64(56)46-25-11-6-12-26-46)42-22-16-27-47(37-42)65-54-31-14-13-28-50(54)51-30-17-29-49(57(51)65)44-23-15-24-45(36-44)60-62-58(40-18-7-4-8-19-40)61-59(63-60)41-20-9-5-10-21-41/h4-39H,1-3H3. The number of benzene rings is 9. The molecule has 66 heavy (non-hydrogen) atoms. The van der Waals surface area contributed by atoms with Crippen LogP contribution >= 0.6 is 0 Å². The van der Waals surface area contributed by atoms with Crippen molar-refractivity contribution in [1.82, 2.24) is 24.1 Å². The zero-order valence-electron chi connectivity index (χ0n) is 37.0. The zero-order chi connectivity index (χ0) is 44.4. The van der Waals surface area contributed by atoms with Crippen LogP contribution in [0.15, 0.2) is 218 Å². The van der Waals surface area contributed by atoms with Crippen molar-refractivity contribution in [1.29, 1.82) is 0 Å². The molecule has 0 fully saturated rings. The summed E-state index contributed by atoms with van der Waals surface area (Å²) in [6, 6.07) is 78.3. The van der Waals surface area contributed by atoms with E-state index in [1.54, 1.807) is 0 Å². The van der Waals surface area contributed by atoms with Gasteiger partial charge in [0.05, 0.1) is 30.1 Å². The molecule has 0 saturated carbocycles. The van der Waals surface area contributed by atoms with Crippen LogP contribution in [0.25, 0.3) is 111 Å². The minimum Gasteiger partial charge on any atom is -0.309 e. The minimum atomic E-state index is -1.57. The first-order valence-corrected chi connectivity index (χ1v) is 26.1. The predicted molar refractivity (Wildman–Crippen MR) is 279 cm³/mol. The van der Waals surface area contributed by atoms with Crippen LogP contribution in [0, 0.1) is 0 Å². The van der Waals surface area contributed by atoms with Crippen LogP contribution in [0.4, 0.5) is 0 Å². The molecule has 0 amide bonds. The highest BCUT2D eigenvalue weighted by Crippen LogP contribution is 2.41. The highest BCUT2D eigenvalue weighted by atomic mass is 28.3. The first kappa shape index (κ1) is 39.4. The van der Waals surface area contributed by atoms with Gasteiger partial charge in [-0.3, -0.25) is 0 Å². The topological polar surface area (TPSA) is 48.5 Å². The second-order valence-electron chi connectivity index (χ2n) is 18.1. The molecule has 5 nitrogen and oxygen atoms in total. The number of para-hydroxylation sites is 3. The molecule has 0 aliphatic rings. The maximum atomic E-state index is 5.08. The molecule has 0 radical (unpaired) electrons. The normalized spacial score (nSPS) is 11.9. The van der Waals surface area contributed by atoms with Crippen molar-refractivity contribution in [2.24, 2.45) is 0 Å². The lowest BCUT2D eigenvalue weighted by Gasteiger charge is -2.17. The molecule has 3 aromatic heterocycles. The molecule has 0 spiro atoms. The molecule has 12 rings (SSSR count). The summed E-state index contributed by atoms with van der Waals surface area (Å²) in [5.74, 6) is 1.92. The molecule has 0 aliphatic carbocycles. The van der Waals surface area contributed by atoms with E-state index in [1.165, 1.54) is 54.6 Å². The molecule has 0 bridgehead atoms. The summed E-state index contributed by atoms with van der Waals surface area (Å²) in [7, 11) is -1.57. The number of fused-ring (bicyclic) bond motifs is 6. The fraction of sp³-hybridized carbons (Fsp3) is 0.0500. The Morgan fingerprint density at radius 2 is 0.818 bits per heavy atom. The van der Waals surface area contributed by atoms with E-state index in [-0.39, 0.29) is 0 Å². The third-order valence-electron chi connectivity index (χ3n) is 12.9. The largest absolute Gasteiger partial charge is 0.309 e. The Morgan fingerprint density at radius 3 is 1.53 bits per heavy atom. The number of hydrogen-bond donors (Lipinski definition) is 0. The Bertz CT molecular complexity index is 3730. The van der Waals surface area contributed by atoms with E-state index in [0.717, 1.165) is 44.5 Å². The van der Waals surface area contributed by atoms with E-state index in [1.807, 2.05) is 60.7 Å². The highest BCUT2D eigenvalue weighted by molar-refractivity contribution is 6.88. The molecule has 0 unspecified atom stereocenters. The third-order valence-corrected chi connectivity index (χ3v) is 15.0. The molecular formula is C60H45N5Si. The van der Waals surface area contributed by atoms with Crippen molar-refractivity contribution in [3.05, 3.63) is 218 Å². The maximum Gasteiger partial charge on any atom is 0.164 e. The van der Waals surface area contributed by atoms with Gasteiger partial charge in [0.15, 0.2) is 17.5 Å². The van der Waals surface area contributed by atoms with Gasteiger partial charge in [0, 0.05) is 55.2 Å². The van der Waals surface area contributed by atoms with Crippen molar-refractivity contribution in [3.8, 4) is 67.8 Å². The highest BCUT2D eigenvalue weighted by Gasteiger charge is 2.22. The number of rotatable bonds is 8. The molecule has 9 aromatic carbocycles. The lowest BCUT2D eigenvalue weighted by molar-refractivity contribution is 1.07. The summed E-state index contributed by atoms with van der Waals surface area (Å²) in [5, 5.41) is 6.43. The average Bonchev–Trinajstić information content (AvgIpc) is 3.89. The second kappa shape index (κ2) is 15.8. The van der Waals surface area contributed by atoms with Gasteiger partial charge in [0.1, 0.15) is 0 Å². The third kappa shape index (κ3) is 6.82. The van der Waals surface area contributed by atoms with Gasteiger partial charge < -0.3 is 9.13 Å². The molecule has 314 valence electrons. The summed E-state index contributed by atoms with van der Waals surface area (Å²) >= 11 is 0. The van der Waals surface area contributed by atoms with E-state index in [4.69, 9.17) is 15.0 Å². The SMILES string of the molecule is C[Si](C)(C)c1ccc2c(c1)c1cc(-c3cccc(-n4c5ccccc5c5cccc(-c6cccc(-c7nc(-c8ccccc8)nc(-c8ccccc8)n7)c6)c54)c3)ccc1n2-c1ccccc1. The summed E-state index contributed by atoms with van der Waals surface area (Å²) in [4.78, 5) is 15.1. The monoisotopic (exact) mass is 863 g/mol. The molecule has 0 N–H and O–H groups in total. The van der Waals surface area contributed by atoms with Crippen molar-refractivity contribution < 1.29 is 0 Å². The summed E-state index contributed by atoms with van der Waals surface area (Å²) in [6.45, 7) is 7.28. The van der Waals surface area contributed by atoms with Gasteiger partial charge in [-0.1, -0.05) is 189 Å². The second-order valence-corrected chi connectivity index (χ2v) is 23.2. The van der Waals surface area contributed by atoms with Crippen LogP contribution in [0.5, 0.6) is 0 Å². The van der Waals surface area contributed by atoms with Crippen LogP contribution in [0.3, 0.4) is 0 Å². The van der Waals surface area contributed by atoms with Crippen LogP contribution in [0.2, 0.25) is 19.6 Å². The average molecular weight is 864 g/mol. The van der Waals surface area contributed by atoms with Gasteiger partial charge in [-0.05, 0) is 71.3 Å². The zero-order valence-corrected chi connectivity index (χ0v) is 38.0. The van der Waals surface area contributed by atoms with Gasteiger partial charge in [0.25, 0.3) is 0 Å². The summed E-state index contributed by atoms with van der Waals surface area (Å²) in [5.41, 5.74) is 14.4. The van der Waals surface area contributed by atoms with Gasteiger partial charge in [-0.2, -0.15) is 0 Å². The Morgan fingerprint density at radius 1 is 0.318 bits per heavy atom. The van der Waals surface area contributed by atoms with Gasteiger partial charge in [0.2, 0.25) is 0 Å². The Hall–Kier alpha value is -8.19. The van der Waals surface area contributed by atoms with Crippen LogP contribution in [-0.4, -0.2) is 32.2 Å². The van der Waals surface area contributed by atoms with E-state index < -0.39 is 8.07 Å². The van der Waals surface area contributed by atoms with Gasteiger partial charge in [-0.25, -0.2) is 15.0 Å². The lowest BCUT2D eigenvalue weighted by Crippen LogP contribution is -2.37. The predicted octanol–water partition coefficient (Wildman–Crippen LogP) is 14.9. The van der Waals surface area contributed by atoms with Crippen molar-refractivity contribution in [2.45, 2.75) is 19.6 Å². The summed E-state index contributed by atoms with van der Waals surface area (Å²) < 4.78 is 4.86. The Kier molecular flexibility index (Phi) is 9.43. The molecule has 0 atom stereocenters. The summed E-state index contributed by atoms with van der Waals surface area (Å²) in [6.07, 6.45) is 0. The minimum absolute atomic E-state index is 0.630. The fourth-order valence-electron chi connectivity index (χ4n) is 9.63. The fourth-order valence-corrected chi connectivity index (χ4v) is 10.8. The van der Waals surface area contributed by atoms with Crippen molar-refractivity contribution in [3.63, 3.8) is 0 Å². The molecule has 12 aromatic rings. The van der Waals surface area contributed by atoms with Crippen LogP contribution in [-0.2, 0) is 0 Å². The molecule has 0 aliphatic heterocycles. The van der Waals surface area contributed by atoms with E-state index in [9.17, 15) is 0 Å². The Balaban J connectivity index is 1.01. The molecule has 3 heterocycles. The lowest BCUT2D eigenvalue weighted by atomic mass is 9.99. The number of aromatic nitrogens is 5. The number of nitrogens with zero attached hydrogens (tertiary/aromatic N) is 5. The van der Waals surface area contributed by atoms with E-state index in [0.29, 0.717) is 17.5 Å².